The maximum Gasteiger partial charge on any atom is 0.417 e. The van der Waals surface area contributed by atoms with Gasteiger partial charge in [-0.25, -0.2) is 14.6 Å². The number of nitrogen functional groups attached to an aromatic ring is 1. The van der Waals surface area contributed by atoms with Crippen LogP contribution in [0.2, 0.25) is 5.02 Å². The SMILES string of the molecule is CC(C)(C)n1nc(Cc2cccc(C(F)(F)F)c2Cl)c2c(N)ncnc21. The van der Waals surface area contributed by atoms with E-state index in [0.717, 1.165) is 6.07 Å². The number of nitrogens with zero attached hydrogens (tertiary/aromatic N) is 4. The summed E-state index contributed by atoms with van der Waals surface area (Å²) in [6.07, 6.45) is -3.11. The zero-order valence-corrected chi connectivity index (χ0v) is 15.2. The van der Waals surface area contributed by atoms with E-state index < -0.39 is 17.3 Å². The highest BCUT2D eigenvalue weighted by Gasteiger charge is 2.34. The summed E-state index contributed by atoms with van der Waals surface area (Å²) < 4.78 is 41.0. The molecule has 3 aromatic rings. The van der Waals surface area contributed by atoms with Crippen LogP contribution in [-0.4, -0.2) is 19.7 Å². The van der Waals surface area contributed by atoms with Crippen LogP contribution in [0.1, 0.15) is 37.6 Å². The van der Waals surface area contributed by atoms with Gasteiger partial charge in [-0.05, 0) is 32.4 Å². The first-order valence-electron chi connectivity index (χ1n) is 7.83. The van der Waals surface area contributed by atoms with Gasteiger partial charge in [0.2, 0.25) is 0 Å². The first kappa shape index (κ1) is 18.4. The summed E-state index contributed by atoms with van der Waals surface area (Å²) in [5.74, 6) is 0.226. The fourth-order valence-corrected chi connectivity index (χ4v) is 3.05. The molecule has 0 aliphatic heterocycles. The molecule has 0 bridgehead atoms. The monoisotopic (exact) mass is 383 g/mol. The normalized spacial score (nSPS) is 12.7. The van der Waals surface area contributed by atoms with Gasteiger partial charge in [0.05, 0.1) is 27.2 Å². The fraction of sp³-hybridized carbons (Fsp3) is 0.353. The standard InChI is InChI=1S/C17H17ClF3N5/c1-16(2,3)26-15-12(14(22)23-8-24-15)11(25-26)7-9-5-4-6-10(13(9)18)17(19,20)21/h4-6,8H,7H2,1-3H3,(H2,22,23,24). The Balaban J connectivity index is 2.17. The van der Waals surface area contributed by atoms with Gasteiger partial charge in [0.15, 0.2) is 5.65 Å². The molecule has 2 aromatic heterocycles. The molecule has 2 heterocycles. The smallest absolute Gasteiger partial charge is 0.383 e. The van der Waals surface area contributed by atoms with Crippen LogP contribution in [0.3, 0.4) is 0 Å². The first-order valence-corrected chi connectivity index (χ1v) is 8.21. The molecular formula is C17H17ClF3N5. The van der Waals surface area contributed by atoms with Gasteiger partial charge in [0.1, 0.15) is 12.1 Å². The van der Waals surface area contributed by atoms with Crippen molar-refractivity contribution in [2.24, 2.45) is 0 Å². The highest BCUT2D eigenvalue weighted by atomic mass is 35.5. The maximum absolute atomic E-state index is 13.1. The summed E-state index contributed by atoms with van der Waals surface area (Å²) in [6, 6.07) is 3.82. The van der Waals surface area contributed by atoms with E-state index in [1.807, 2.05) is 20.8 Å². The van der Waals surface area contributed by atoms with Crippen molar-refractivity contribution in [1.82, 2.24) is 19.7 Å². The van der Waals surface area contributed by atoms with Crippen molar-refractivity contribution in [3.63, 3.8) is 0 Å². The summed E-state index contributed by atoms with van der Waals surface area (Å²) in [7, 11) is 0. The Morgan fingerprint density at radius 3 is 2.46 bits per heavy atom. The van der Waals surface area contributed by atoms with E-state index in [0.29, 0.717) is 22.3 Å². The molecule has 0 unspecified atom stereocenters. The Morgan fingerprint density at radius 2 is 1.85 bits per heavy atom. The third-order valence-corrected chi connectivity index (χ3v) is 4.39. The second kappa shape index (κ2) is 6.12. The van der Waals surface area contributed by atoms with Gasteiger partial charge in [0, 0.05) is 6.42 Å². The van der Waals surface area contributed by atoms with Crippen molar-refractivity contribution < 1.29 is 13.2 Å². The van der Waals surface area contributed by atoms with Crippen LogP contribution < -0.4 is 5.73 Å². The number of halogens is 4. The highest BCUT2D eigenvalue weighted by molar-refractivity contribution is 6.32. The molecule has 0 radical (unpaired) electrons. The fourth-order valence-electron chi connectivity index (χ4n) is 2.75. The molecule has 3 rings (SSSR count). The average molecular weight is 384 g/mol. The molecule has 1 aromatic carbocycles. The molecule has 0 fully saturated rings. The summed E-state index contributed by atoms with van der Waals surface area (Å²) in [5, 5.41) is 4.73. The Morgan fingerprint density at radius 1 is 1.15 bits per heavy atom. The van der Waals surface area contributed by atoms with Crippen LogP contribution in [0.25, 0.3) is 11.0 Å². The zero-order chi connectivity index (χ0) is 19.3. The van der Waals surface area contributed by atoms with Crippen LogP contribution in [0.5, 0.6) is 0 Å². The molecule has 0 aliphatic carbocycles. The van der Waals surface area contributed by atoms with E-state index in [9.17, 15) is 13.2 Å². The van der Waals surface area contributed by atoms with Crippen LogP contribution in [0.4, 0.5) is 19.0 Å². The van der Waals surface area contributed by atoms with E-state index in [1.54, 1.807) is 10.7 Å². The number of hydrogen-bond acceptors (Lipinski definition) is 4. The number of aromatic nitrogens is 4. The van der Waals surface area contributed by atoms with Crippen molar-refractivity contribution in [2.45, 2.75) is 38.9 Å². The number of hydrogen-bond donors (Lipinski definition) is 1. The van der Waals surface area contributed by atoms with Gasteiger partial charge >= 0.3 is 6.18 Å². The molecule has 9 heteroatoms. The predicted octanol–water partition coefficient (Wildman–Crippen LogP) is 4.43. The van der Waals surface area contributed by atoms with E-state index in [4.69, 9.17) is 17.3 Å². The van der Waals surface area contributed by atoms with Gasteiger partial charge in [-0.2, -0.15) is 18.3 Å². The summed E-state index contributed by atoms with van der Waals surface area (Å²) in [5.41, 5.74) is 6.04. The van der Waals surface area contributed by atoms with Crippen molar-refractivity contribution in [2.75, 3.05) is 5.73 Å². The van der Waals surface area contributed by atoms with Gasteiger partial charge in [-0.15, -0.1) is 0 Å². The average Bonchev–Trinajstić information content (AvgIpc) is 2.88. The number of nitrogens with two attached hydrogens (primary N) is 1. The Hall–Kier alpha value is -2.35. The van der Waals surface area contributed by atoms with Crippen molar-refractivity contribution in [1.29, 1.82) is 0 Å². The lowest BCUT2D eigenvalue weighted by atomic mass is 10.0. The van der Waals surface area contributed by atoms with Crippen molar-refractivity contribution in [3.05, 3.63) is 46.4 Å². The topological polar surface area (TPSA) is 69.6 Å². The minimum atomic E-state index is -4.53. The third-order valence-electron chi connectivity index (χ3n) is 3.94. The minimum Gasteiger partial charge on any atom is -0.383 e. The number of anilines is 1. The molecule has 2 N–H and O–H groups in total. The largest absolute Gasteiger partial charge is 0.417 e. The second-order valence-corrected chi connectivity index (χ2v) is 7.32. The van der Waals surface area contributed by atoms with E-state index in [1.165, 1.54) is 12.4 Å². The molecule has 138 valence electrons. The lowest BCUT2D eigenvalue weighted by Gasteiger charge is -2.19. The zero-order valence-electron chi connectivity index (χ0n) is 14.4. The quantitative estimate of drug-likeness (QED) is 0.710. The lowest BCUT2D eigenvalue weighted by molar-refractivity contribution is -0.137. The van der Waals surface area contributed by atoms with Gasteiger partial charge < -0.3 is 5.73 Å². The Labute approximate surface area is 153 Å². The molecule has 0 amide bonds. The van der Waals surface area contributed by atoms with E-state index >= 15 is 0 Å². The first-order chi connectivity index (χ1) is 12.0. The maximum atomic E-state index is 13.1. The molecule has 0 saturated heterocycles. The number of rotatable bonds is 2. The van der Waals surface area contributed by atoms with E-state index in [-0.39, 0.29) is 17.3 Å². The molecule has 0 spiro atoms. The molecule has 0 aliphatic rings. The molecule has 26 heavy (non-hydrogen) atoms. The van der Waals surface area contributed by atoms with Crippen molar-refractivity contribution >= 4 is 28.5 Å². The van der Waals surface area contributed by atoms with E-state index in [2.05, 4.69) is 15.1 Å². The highest BCUT2D eigenvalue weighted by Crippen LogP contribution is 2.37. The Kier molecular flexibility index (Phi) is 4.34. The Bertz CT molecular complexity index is 973. The van der Waals surface area contributed by atoms with Crippen LogP contribution in [0.15, 0.2) is 24.5 Å². The van der Waals surface area contributed by atoms with Crippen LogP contribution in [0, 0.1) is 0 Å². The van der Waals surface area contributed by atoms with Crippen molar-refractivity contribution in [3.8, 4) is 0 Å². The molecule has 5 nitrogen and oxygen atoms in total. The summed E-state index contributed by atoms with van der Waals surface area (Å²) >= 11 is 6.01. The van der Waals surface area contributed by atoms with Crippen LogP contribution >= 0.6 is 11.6 Å². The number of benzene rings is 1. The summed E-state index contributed by atoms with van der Waals surface area (Å²) in [6.45, 7) is 5.83. The summed E-state index contributed by atoms with van der Waals surface area (Å²) in [4.78, 5) is 8.23. The second-order valence-electron chi connectivity index (χ2n) is 6.94. The third kappa shape index (κ3) is 3.21. The predicted molar refractivity (Wildman–Crippen MR) is 94.0 cm³/mol. The van der Waals surface area contributed by atoms with Gasteiger partial charge in [0.25, 0.3) is 0 Å². The minimum absolute atomic E-state index is 0.0832. The lowest BCUT2D eigenvalue weighted by Crippen LogP contribution is -2.23. The number of alkyl halides is 3. The van der Waals surface area contributed by atoms with Crippen LogP contribution in [-0.2, 0) is 18.1 Å². The molecule has 0 saturated carbocycles. The number of fused-ring (bicyclic) bond motifs is 1. The van der Waals surface area contributed by atoms with Gasteiger partial charge in [-0.3, -0.25) is 0 Å². The van der Waals surface area contributed by atoms with Gasteiger partial charge in [-0.1, -0.05) is 23.7 Å². The molecular weight excluding hydrogens is 367 g/mol. The molecule has 0 atom stereocenters.